The maximum atomic E-state index is 2.58. The second-order valence-corrected chi connectivity index (χ2v) is 16.7. The van der Waals surface area contributed by atoms with Gasteiger partial charge in [-0.1, -0.05) is 212 Å². The number of nitrogens with zero attached hydrogens (tertiary/aromatic N) is 1. The van der Waals surface area contributed by atoms with Crippen molar-refractivity contribution < 1.29 is 0 Å². The number of rotatable bonds is 8. The van der Waals surface area contributed by atoms with Crippen LogP contribution in [-0.4, -0.2) is 6.04 Å². The van der Waals surface area contributed by atoms with Gasteiger partial charge in [-0.2, -0.15) is 0 Å². The summed E-state index contributed by atoms with van der Waals surface area (Å²) in [6.07, 6.45) is 28.5. The van der Waals surface area contributed by atoms with Crippen molar-refractivity contribution in [3.63, 3.8) is 0 Å². The van der Waals surface area contributed by atoms with Crippen molar-refractivity contribution in [2.45, 2.75) is 31.2 Å². The lowest BCUT2D eigenvalue weighted by Crippen LogP contribution is -2.34. The quantitative estimate of drug-likeness (QED) is 0.148. The largest absolute Gasteiger partial charge is 0.334 e. The standard InChI is InChI=1S/C60H47N/c1-2-13-46(14-3-1)60-41-54(38-39-59(60)47-27-24-43(25-28-47)51-29-26-42-12-4-5-17-50(42)40-51)61(52-34-30-48(31-35-52)57-22-10-18-44-15-6-8-20-55(44)57)53-36-32-49(33-37-53)58-23-11-19-45-16-7-9-21-56(45)58/h1-32,34-39,49-50,54H,33,40-41H2. The third-order valence-electron chi connectivity index (χ3n) is 13.2. The van der Waals surface area contributed by atoms with Crippen LogP contribution >= 0.6 is 0 Å². The van der Waals surface area contributed by atoms with E-state index in [1.807, 2.05) is 0 Å². The summed E-state index contributed by atoms with van der Waals surface area (Å²) in [5.41, 5.74) is 15.6. The Hall–Kier alpha value is -7.22. The molecule has 0 amide bonds. The van der Waals surface area contributed by atoms with Gasteiger partial charge >= 0.3 is 0 Å². The van der Waals surface area contributed by atoms with Gasteiger partial charge in [0.15, 0.2) is 0 Å². The van der Waals surface area contributed by atoms with Crippen molar-refractivity contribution >= 4 is 44.0 Å². The molecule has 0 saturated carbocycles. The first-order valence-corrected chi connectivity index (χ1v) is 21.8. The lowest BCUT2D eigenvalue weighted by molar-refractivity contribution is 0.754. The van der Waals surface area contributed by atoms with Crippen molar-refractivity contribution in [3.8, 4) is 11.1 Å². The smallest absolute Gasteiger partial charge is 0.0566 e. The molecule has 1 nitrogen and oxygen atoms in total. The molecule has 0 saturated heterocycles. The maximum absolute atomic E-state index is 2.58. The van der Waals surface area contributed by atoms with Crippen molar-refractivity contribution in [2.24, 2.45) is 5.92 Å². The number of fused-ring (bicyclic) bond motifs is 3. The van der Waals surface area contributed by atoms with E-state index < -0.39 is 0 Å². The zero-order valence-corrected chi connectivity index (χ0v) is 34.2. The Kier molecular flexibility index (Phi) is 9.71. The molecule has 0 N–H and O–H groups in total. The number of allylic oxidation sites excluding steroid dienone is 13. The first kappa shape index (κ1) is 36.8. The molecule has 3 unspecified atom stereocenters. The van der Waals surface area contributed by atoms with Gasteiger partial charge in [0.1, 0.15) is 0 Å². The fourth-order valence-electron chi connectivity index (χ4n) is 10.0. The molecule has 61 heavy (non-hydrogen) atoms. The van der Waals surface area contributed by atoms with E-state index in [0.717, 1.165) is 19.3 Å². The molecule has 0 spiro atoms. The minimum absolute atomic E-state index is 0.109. The molecule has 7 aromatic carbocycles. The van der Waals surface area contributed by atoms with E-state index in [1.54, 1.807) is 0 Å². The highest BCUT2D eigenvalue weighted by molar-refractivity contribution is 5.98. The zero-order valence-electron chi connectivity index (χ0n) is 34.2. The van der Waals surface area contributed by atoms with E-state index in [4.69, 9.17) is 0 Å². The molecule has 0 aromatic heterocycles. The highest BCUT2D eigenvalue weighted by Gasteiger charge is 2.28. The van der Waals surface area contributed by atoms with E-state index in [-0.39, 0.29) is 6.04 Å². The Morgan fingerprint density at radius 3 is 1.97 bits per heavy atom. The third-order valence-corrected chi connectivity index (χ3v) is 13.2. The summed E-state index contributed by atoms with van der Waals surface area (Å²) >= 11 is 0. The summed E-state index contributed by atoms with van der Waals surface area (Å²) in [7, 11) is 0. The molecule has 3 atom stereocenters. The second-order valence-electron chi connectivity index (χ2n) is 16.7. The van der Waals surface area contributed by atoms with Crippen LogP contribution in [0.3, 0.4) is 0 Å². The van der Waals surface area contributed by atoms with Crippen molar-refractivity contribution in [2.75, 3.05) is 4.90 Å². The lowest BCUT2D eigenvalue weighted by Gasteiger charge is -2.37. The number of benzene rings is 7. The van der Waals surface area contributed by atoms with Gasteiger partial charge in [-0.25, -0.2) is 0 Å². The Labute approximate surface area is 359 Å². The third kappa shape index (κ3) is 7.17. The number of anilines is 1. The average Bonchev–Trinajstić information content (AvgIpc) is 3.34. The molecule has 4 aliphatic carbocycles. The molecule has 0 fully saturated rings. The van der Waals surface area contributed by atoms with Gasteiger partial charge < -0.3 is 4.90 Å². The summed E-state index contributed by atoms with van der Waals surface area (Å²) in [5, 5.41) is 5.18. The van der Waals surface area contributed by atoms with Gasteiger partial charge in [0.25, 0.3) is 0 Å². The Morgan fingerprint density at radius 2 is 1.16 bits per heavy atom. The minimum Gasteiger partial charge on any atom is -0.334 e. The summed E-state index contributed by atoms with van der Waals surface area (Å²) in [5.74, 6) is 0.783. The molecule has 11 rings (SSSR count). The van der Waals surface area contributed by atoms with Crippen LogP contribution in [0.1, 0.15) is 47.4 Å². The summed E-state index contributed by atoms with van der Waals surface area (Å²) < 4.78 is 0. The fourth-order valence-corrected chi connectivity index (χ4v) is 10.0. The van der Waals surface area contributed by atoms with Crippen LogP contribution in [0.2, 0.25) is 0 Å². The van der Waals surface area contributed by atoms with Crippen LogP contribution in [0.15, 0.2) is 242 Å². The van der Waals surface area contributed by atoms with Gasteiger partial charge in [0.2, 0.25) is 0 Å². The average molecular weight is 782 g/mol. The molecule has 0 aliphatic heterocycles. The first-order valence-electron chi connectivity index (χ1n) is 21.8. The molecule has 0 heterocycles. The summed E-state index contributed by atoms with van der Waals surface area (Å²) in [6, 6.07) is 60.5. The van der Waals surface area contributed by atoms with Gasteiger partial charge in [-0.05, 0) is 115 Å². The van der Waals surface area contributed by atoms with E-state index >= 15 is 0 Å². The van der Waals surface area contributed by atoms with Crippen LogP contribution in [-0.2, 0) is 0 Å². The molecular weight excluding hydrogens is 735 g/mol. The predicted molar refractivity (Wildman–Crippen MR) is 260 cm³/mol. The molecule has 0 radical (unpaired) electrons. The van der Waals surface area contributed by atoms with Gasteiger partial charge in [-0.15, -0.1) is 0 Å². The van der Waals surface area contributed by atoms with Crippen molar-refractivity contribution in [1.29, 1.82) is 0 Å². The van der Waals surface area contributed by atoms with E-state index in [1.165, 1.54) is 88.6 Å². The monoisotopic (exact) mass is 781 g/mol. The van der Waals surface area contributed by atoms with E-state index in [9.17, 15) is 0 Å². The van der Waals surface area contributed by atoms with Crippen molar-refractivity contribution in [3.05, 3.63) is 264 Å². The SMILES string of the molecule is C1=CC2=CC=C(c3ccc(C4=C(c5ccccc5)CC(N(C5=CCC(c6cccc7ccccc67)C=C5)c5ccc(-c6cccc7ccccc67)cc5)C=C4)cc3)CC2C=C1. The normalized spacial score (nSPS) is 19.4. The Balaban J connectivity index is 0.951. The zero-order chi connectivity index (χ0) is 40.5. The van der Waals surface area contributed by atoms with E-state index in [0.29, 0.717) is 11.8 Å². The Morgan fingerprint density at radius 1 is 0.459 bits per heavy atom. The molecule has 1 heteroatoms. The highest BCUT2D eigenvalue weighted by atomic mass is 15.2. The molecule has 7 aromatic rings. The second kappa shape index (κ2) is 16.1. The number of hydrogen-bond donors (Lipinski definition) is 0. The lowest BCUT2D eigenvalue weighted by atomic mass is 9.81. The topological polar surface area (TPSA) is 3.24 Å². The Bertz CT molecular complexity index is 3020. The maximum Gasteiger partial charge on any atom is 0.0566 e. The molecule has 292 valence electrons. The summed E-state index contributed by atoms with van der Waals surface area (Å²) in [4.78, 5) is 2.58. The number of hydrogen-bond acceptors (Lipinski definition) is 1. The highest BCUT2D eigenvalue weighted by Crippen LogP contribution is 2.42. The molecule has 0 bridgehead atoms. The minimum atomic E-state index is 0.109. The van der Waals surface area contributed by atoms with Crippen LogP contribution in [0.4, 0.5) is 5.69 Å². The fraction of sp³-hybridized carbons (Fsp3) is 0.100. The van der Waals surface area contributed by atoms with E-state index in [2.05, 4.69) is 236 Å². The van der Waals surface area contributed by atoms with Gasteiger partial charge in [-0.3, -0.25) is 0 Å². The first-order chi connectivity index (χ1) is 30.2. The summed E-state index contributed by atoms with van der Waals surface area (Å²) in [6.45, 7) is 0. The van der Waals surface area contributed by atoms with Crippen LogP contribution in [0.5, 0.6) is 0 Å². The van der Waals surface area contributed by atoms with Crippen LogP contribution < -0.4 is 4.90 Å². The van der Waals surface area contributed by atoms with Crippen molar-refractivity contribution in [1.82, 2.24) is 0 Å². The van der Waals surface area contributed by atoms with Crippen LogP contribution in [0.25, 0.3) is 49.4 Å². The van der Waals surface area contributed by atoms with Gasteiger partial charge in [0, 0.05) is 23.2 Å². The molecular formula is C60H47N. The molecule has 4 aliphatic rings. The predicted octanol–water partition coefficient (Wildman–Crippen LogP) is 15.5. The van der Waals surface area contributed by atoms with Crippen LogP contribution in [0, 0.1) is 5.92 Å². The van der Waals surface area contributed by atoms with Gasteiger partial charge in [0.05, 0.1) is 6.04 Å².